The van der Waals surface area contributed by atoms with E-state index in [0.717, 1.165) is 42.6 Å². The molecule has 0 aliphatic carbocycles. The lowest BCUT2D eigenvalue weighted by atomic mass is 9.75. The Labute approximate surface area is 207 Å². The lowest BCUT2D eigenvalue weighted by Gasteiger charge is -2.47. The molecule has 3 amide bonds. The first-order valence-electron chi connectivity index (χ1n) is 11.5. The molecule has 2 aliphatic rings. The minimum Gasteiger partial charge on any atom is -0.342 e. The molecule has 0 aromatic heterocycles. The molecule has 0 radical (unpaired) electrons. The van der Waals surface area contributed by atoms with E-state index >= 15 is 0 Å². The number of carbonyl (C=O) groups excluding carboxylic acids is 2. The summed E-state index contributed by atoms with van der Waals surface area (Å²) in [6.45, 7) is 4.89. The smallest absolute Gasteiger partial charge is 0.342 e. The summed E-state index contributed by atoms with van der Waals surface area (Å²) in [5.41, 5.74) is 1.15. The molecule has 4 rings (SSSR count). The second-order valence-corrected chi connectivity index (χ2v) is 9.86. The average Bonchev–Trinajstić information content (AvgIpc) is 2.78. The van der Waals surface area contributed by atoms with Crippen molar-refractivity contribution in [2.75, 3.05) is 24.2 Å². The number of hydrogen-bond acceptors (Lipinski definition) is 3. The van der Waals surface area contributed by atoms with E-state index in [0.29, 0.717) is 17.6 Å². The van der Waals surface area contributed by atoms with Crippen LogP contribution in [-0.2, 0) is 11.0 Å². The molecule has 3 N–H and O–H groups in total. The number of rotatable bonds is 3. The molecule has 0 bridgehead atoms. The highest BCUT2D eigenvalue weighted by molar-refractivity contribution is 6.31. The number of benzene rings is 2. The summed E-state index contributed by atoms with van der Waals surface area (Å²) in [6.07, 6.45) is -3.00. The predicted octanol–water partition coefficient (Wildman–Crippen LogP) is 5.62. The van der Waals surface area contributed by atoms with Crippen molar-refractivity contribution in [2.45, 2.75) is 50.9 Å². The van der Waals surface area contributed by atoms with Gasteiger partial charge in [-0.3, -0.25) is 4.79 Å². The predicted molar refractivity (Wildman–Crippen MR) is 130 cm³/mol. The molecule has 35 heavy (non-hydrogen) atoms. The van der Waals surface area contributed by atoms with Crippen molar-refractivity contribution in [3.05, 3.63) is 58.1 Å². The summed E-state index contributed by atoms with van der Waals surface area (Å²) in [7, 11) is 1.86. The summed E-state index contributed by atoms with van der Waals surface area (Å²) in [5, 5.41) is 8.12. The van der Waals surface area contributed by atoms with Crippen molar-refractivity contribution in [1.29, 1.82) is 0 Å². The van der Waals surface area contributed by atoms with Gasteiger partial charge in [0.15, 0.2) is 0 Å². The van der Waals surface area contributed by atoms with Crippen molar-refractivity contribution in [3.8, 4) is 0 Å². The van der Waals surface area contributed by atoms with Crippen LogP contribution in [0.2, 0.25) is 5.02 Å². The molecule has 188 valence electrons. The quantitative estimate of drug-likeness (QED) is 0.503. The molecular formula is C25H28ClF3N4O2. The van der Waals surface area contributed by atoms with Gasteiger partial charge in [0.1, 0.15) is 0 Å². The summed E-state index contributed by atoms with van der Waals surface area (Å²) >= 11 is 5.64. The minimum atomic E-state index is -4.64. The summed E-state index contributed by atoms with van der Waals surface area (Å²) < 4.78 is 39.3. The highest BCUT2D eigenvalue weighted by Crippen LogP contribution is 2.39. The van der Waals surface area contributed by atoms with Crippen LogP contribution >= 0.6 is 11.6 Å². The van der Waals surface area contributed by atoms with Crippen LogP contribution in [0.5, 0.6) is 0 Å². The van der Waals surface area contributed by atoms with E-state index in [1.165, 1.54) is 6.07 Å². The van der Waals surface area contributed by atoms with E-state index in [9.17, 15) is 22.8 Å². The fraction of sp³-hybridized carbons (Fsp3) is 0.440. The van der Waals surface area contributed by atoms with Gasteiger partial charge in [0.05, 0.1) is 16.5 Å². The largest absolute Gasteiger partial charge is 0.417 e. The lowest BCUT2D eigenvalue weighted by Crippen LogP contribution is -2.57. The van der Waals surface area contributed by atoms with Crippen LogP contribution in [0, 0.1) is 12.8 Å². The number of nitrogens with zero attached hydrogens (tertiary/aromatic N) is 1. The van der Waals surface area contributed by atoms with Gasteiger partial charge in [-0.1, -0.05) is 17.7 Å². The van der Waals surface area contributed by atoms with Gasteiger partial charge in [0.25, 0.3) is 0 Å². The first-order chi connectivity index (χ1) is 16.4. The number of likely N-dealkylation sites (tertiary alicyclic amines) is 1. The van der Waals surface area contributed by atoms with Crippen LogP contribution in [0.15, 0.2) is 36.4 Å². The average molecular weight is 509 g/mol. The third-order valence-corrected chi connectivity index (χ3v) is 7.32. The number of carbonyl (C=O) groups is 2. The summed E-state index contributed by atoms with van der Waals surface area (Å²) in [4.78, 5) is 27.6. The number of urea groups is 1. The van der Waals surface area contributed by atoms with E-state index in [1.54, 1.807) is 12.1 Å². The van der Waals surface area contributed by atoms with Crippen LogP contribution in [0.4, 0.5) is 29.3 Å². The van der Waals surface area contributed by atoms with Gasteiger partial charge in [-0.15, -0.1) is 0 Å². The topological polar surface area (TPSA) is 73.5 Å². The number of hydrogen-bond donors (Lipinski definition) is 3. The Morgan fingerprint density at radius 3 is 2.46 bits per heavy atom. The van der Waals surface area contributed by atoms with Crippen LogP contribution in [0.3, 0.4) is 0 Å². The first-order valence-corrected chi connectivity index (χ1v) is 11.9. The molecule has 4 atom stereocenters. The van der Waals surface area contributed by atoms with Gasteiger partial charge < -0.3 is 20.9 Å². The number of nitrogens with one attached hydrogen (secondary N) is 3. The van der Waals surface area contributed by atoms with Gasteiger partial charge >= 0.3 is 12.2 Å². The van der Waals surface area contributed by atoms with E-state index in [1.807, 2.05) is 24.9 Å². The SMILES string of the molecule is Cc1ccc(NC(=O)Nc2ccc(Cl)c(C(F)(F)F)c2)cc1C1CC2CNC(C)CC2N(C)C1=O. The van der Waals surface area contributed by atoms with Crippen LogP contribution < -0.4 is 16.0 Å². The van der Waals surface area contributed by atoms with Crippen molar-refractivity contribution in [1.82, 2.24) is 10.2 Å². The van der Waals surface area contributed by atoms with Crippen molar-refractivity contribution >= 4 is 34.9 Å². The van der Waals surface area contributed by atoms with Crippen molar-refractivity contribution in [3.63, 3.8) is 0 Å². The number of alkyl halides is 3. The van der Waals surface area contributed by atoms with Gasteiger partial charge in [0, 0.05) is 37.1 Å². The fourth-order valence-corrected chi connectivity index (χ4v) is 5.35. The molecule has 2 aliphatic heterocycles. The Kier molecular flexibility index (Phi) is 7.02. The third-order valence-electron chi connectivity index (χ3n) is 6.99. The number of piperidine rings is 2. The van der Waals surface area contributed by atoms with E-state index < -0.39 is 22.8 Å². The summed E-state index contributed by atoms with van der Waals surface area (Å²) in [6, 6.07) is 8.34. The molecule has 4 unspecified atom stereocenters. The Morgan fingerprint density at radius 1 is 1.11 bits per heavy atom. The molecule has 10 heteroatoms. The fourth-order valence-electron chi connectivity index (χ4n) is 5.12. The highest BCUT2D eigenvalue weighted by Gasteiger charge is 2.43. The number of fused-ring (bicyclic) bond motifs is 1. The minimum absolute atomic E-state index is 0.0410. The zero-order valence-electron chi connectivity index (χ0n) is 19.7. The first kappa shape index (κ1) is 25.3. The van der Waals surface area contributed by atoms with Crippen molar-refractivity contribution < 1.29 is 22.8 Å². The maximum absolute atomic E-state index is 13.3. The van der Waals surface area contributed by atoms with Crippen LogP contribution in [0.1, 0.15) is 42.4 Å². The molecule has 6 nitrogen and oxygen atoms in total. The maximum Gasteiger partial charge on any atom is 0.417 e. The Morgan fingerprint density at radius 2 is 1.77 bits per heavy atom. The number of anilines is 2. The Balaban J connectivity index is 1.50. The Hall–Kier alpha value is -2.78. The standard InChI is InChI=1S/C25H28ClF3N4O2/c1-13-4-5-16(31-24(35)32-17-6-7-21(26)20(11-17)25(27,28)29)10-18(13)19-9-15-12-30-14(2)8-22(15)33(3)23(19)34/h4-7,10-11,14-15,19,22,30H,8-9,12H2,1-3H3,(H2,31,32,35). The molecular weight excluding hydrogens is 481 g/mol. The highest BCUT2D eigenvalue weighted by atomic mass is 35.5. The molecule has 2 aromatic rings. The molecule has 2 aromatic carbocycles. The molecule has 0 spiro atoms. The number of likely N-dealkylation sites (N-methyl/N-ethyl adjacent to an activating group) is 1. The van der Waals surface area contributed by atoms with Crippen molar-refractivity contribution in [2.24, 2.45) is 5.92 Å². The molecule has 0 saturated carbocycles. The zero-order valence-corrected chi connectivity index (χ0v) is 20.4. The normalized spacial score (nSPS) is 24.7. The van der Waals surface area contributed by atoms with Gasteiger partial charge in [0.2, 0.25) is 5.91 Å². The van der Waals surface area contributed by atoms with Crippen LogP contribution in [-0.4, -0.2) is 42.5 Å². The molecule has 2 heterocycles. The van der Waals surface area contributed by atoms with Gasteiger partial charge in [-0.25, -0.2) is 4.79 Å². The monoisotopic (exact) mass is 508 g/mol. The Bertz CT molecular complexity index is 1140. The number of amides is 3. The number of halogens is 4. The van der Waals surface area contributed by atoms with E-state index in [2.05, 4.69) is 22.9 Å². The second-order valence-electron chi connectivity index (χ2n) is 9.45. The van der Waals surface area contributed by atoms with Gasteiger partial charge in [-0.05, 0) is 74.1 Å². The maximum atomic E-state index is 13.3. The summed E-state index contributed by atoms with van der Waals surface area (Å²) in [5.74, 6) is 0.0729. The molecule has 2 saturated heterocycles. The van der Waals surface area contributed by atoms with Crippen LogP contribution in [0.25, 0.3) is 0 Å². The zero-order chi connectivity index (χ0) is 25.5. The second kappa shape index (κ2) is 9.70. The number of aryl methyl sites for hydroxylation is 1. The molecule has 2 fully saturated rings. The van der Waals surface area contributed by atoms with Gasteiger partial charge in [-0.2, -0.15) is 13.2 Å². The lowest BCUT2D eigenvalue weighted by molar-refractivity contribution is -0.140. The van der Waals surface area contributed by atoms with E-state index in [-0.39, 0.29) is 23.6 Å². The van der Waals surface area contributed by atoms with E-state index in [4.69, 9.17) is 11.6 Å². The third kappa shape index (κ3) is 5.41.